The number of nitrogens with zero attached hydrogens (tertiary/aromatic N) is 2. The summed E-state index contributed by atoms with van der Waals surface area (Å²) in [4.78, 5) is 17.1. The first-order valence-corrected chi connectivity index (χ1v) is 8.56. The summed E-state index contributed by atoms with van der Waals surface area (Å²) < 4.78 is 5.60. The van der Waals surface area contributed by atoms with Crippen molar-refractivity contribution in [1.29, 1.82) is 0 Å². The highest BCUT2D eigenvalue weighted by atomic mass is 35.5. The average molecular weight is 390 g/mol. The van der Waals surface area contributed by atoms with E-state index in [2.05, 4.69) is 41.4 Å². The summed E-state index contributed by atoms with van der Waals surface area (Å²) in [7, 11) is 0. The van der Waals surface area contributed by atoms with Gasteiger partial charge in [0, 0.05) is 39.3 Å². The molecule has 2 saturated heterocycles. The fraction of sp³-hybridized carbons (Fsp3) is 0.611. The standard InChI is InChI=1S/C18H27N3O2.2ClH/c1-14-5-3-4-6-16(14)13-20-8-10-21(11-9-20)18(22)17-15(2)23-12-7-19-17;;/h3-6,15,17,19H,7-13H2,1-2H3;2*1H/t15-,17+;;/m1../s1. The Morgan fingerprint density at radius 2 is 1.88 bits per heavy atom. The first-order chi connectivity index (χ1) is 11.1. The van der Waals surface area contributed by atoms with E-state index in [9.17, 15) is 4.79 Å². The second kappa shape index (κ2) is 10.3. The Bertz CT molecular complexity index is 551. The van der Waals surface area contributed by atoms with E-state index in [0.717, 1.165) is 39.3 Å². The lowest BCUT2D eigenvalue weighted by atomic mass is 10.1. The summed E-state index contributed by atoms with van der Waals surface area (Å²) in [6.07, 6.45) is -0.0405. The highest BCUT2D eigenvalue weighted by Gasteiger charge is 2.33. The molecule has 1 aromatic carbocycles. The third kappa shape index (κ3) is 5.56. The van der Waals surface area contributed by atoms with Gasteiger partial charge in [0.25, 0.3) is 0 Å². The summed E-state index contributed by atoms with van der Waals surface area (Å²) in [5.74, 6) is 0.188. The Hall–Kier alpha value is -0.850. The highest BCUT2D eigenvalue weighted by molar-refractivity contribution is 5.85. The molecule has 142 valence electrons. The number of rotatable bonds is 3. The van der Waals surface area contributed by atoms with Crippen LogP contribution in [0.2, 0.25) is 0 Å². The molecule has 25 heavy (non-hydrogen) atoms. The third-order valence-corrected chi connectivity index (χ3v) is 4.92. The molecule has 2 aliphatic rings. The van der Waals surface area contributed by atoms with E-state index in [-0.39, 0.29) is 42.9 Å². The molecule has 0 spiro atoms. The maximum atomic E-state index is 12.6. The molecule has 0 bridgehead atoms. The Morgan fingerprint density at radius 3 is 2.52 bits per heavy atom. The smallest absolute Gasteiger partial charge is 0.242 e. The number of amides is 1. The predicted molar refractivity (Wildman–Crippen MR) is 105 cm³/mol. The molecule has 0 unspecified atom stereocenters. The number of benzene rings is 1. The Kier molecular flexibility index (Phi) is 9.17. The average Bonchev–Trinajstić information content (AvgIpc) is 2.57. The minimum atomic E-state index is -0.188. The van der Waals surface area contributed by atoms with Gasteiger partial charge in [0.05, 0.1) is 12.7 Å². The molecule has 2 aliphatic heterocycles. The Balaban J connectivity index is 0.00000156. The maximum absolute atomic E-state index is 12.6. The van der Waals surface area contributed by atoms with Gasteiger partial charge in [-0.3, -0.25) is 9.69 Å². The van der Waals surface area contributed by atoms with Gasteiger partial charge in [0.1, 0.15) is 6.04 Å². The van der Waals surface area contributed by atoms with Crippen LogP contribution < -0.4 is 5.32 Å². The van der Waals surface area contributed by atoms with Crippen molar-refractivity contribution in [3.63, 3.8) is 0 Å². The number of halogens is 2. The molecule has 2 heterocycles. The van der Waals surface area contributed by atoms with E-state index in [0.29, 0.717) is 6.61 Å². The van der Waals surface area contributed by atoms with Crippen molar-refractivity contribution in [2.75, 3.05) is 39.3 Å². The zero-order valence-corrected chi connectivity index (χ0v) is 16.6. The van der Waals surface area contributed by atoms with Crippen molar-refractivity contribution in [2.45, 2.75) is 32.5 Å². The van der Waals surface area contributed by atoms with Crippen molar-refractivity contribution < 1.29 is 9.53 Å². The topological polar surface area (TPSA) is 44.8 Å². The molecular weight excluding hydrogens is 361 g/mol. The molecule has 1 amide bonds. The van der Waals surface area contributed by atoms with Crippen LogP contribution in [0.5, 0.6) is 0 Å². The van der Waals surface area contributed by atoms with Gasteiger partial charge in [0.2, 0.25) is 5.91 Å². The first-order valence-electron chi connectivity index (χ1n) is 8.56. The van der Waals surface area contributed by atoms with Gasteiger partial charge < -0.3 is 15.0 Å². The number of morpholine rings is 1. The monoisotopic (exact) mass is 389 g/mol. The molecule has 0 aromatic heterocycles. The van der Waals surface area contributed by atoms with E-state index in [4.69, 9.17) is 4.74 Å². The number of piperazine rings is 1. The van der Waals surface area contributed by atoms with E-state index >= 15 is 0 Å². The molecule has 5 nitrogen and oxygen atoms in total. The molecule has 0 saturated carbocycles. The van der Waals surface area contributed by atoms with E-state index in [1.807, 2.05) is 11.8 Å². The van der Waals surface area contributed by atoms with Crippen LogP contribution in [0.4, 0.5) is 0 Å². The number of ether oxygens (including phenoxy) is 1. The van der Waals surface area contributed by atoms with Gasteiger partial charge >= 0.3 is 0 Å². The Labute approximate surface area is 162 Å². The number of hydrogen-bond acceptors (Lipinski definition) is 4. The van der Waals surface area contributed by atoms with Crippen LogP contribution in [0.15, 0.2) is 24.3 Å². The molecule has 0 radical (unpaired) electrons. The van der Waals surface area contributed by atoms with Gasteiger partial charge in [-0.1, -0.05) is 24.3 Å². The fourth-order valence-electron chi connectivity index (χ4n) is 3.36. The lowest BCUT2D eigenvalue weighted by Crippen LogP contribution is -2.59. The van der Waals surface area contributed by atoms with Gasteiger partial charge in [-0.05, 0) is 25.0 Å². The molecule has 7 heteroatoms. The number of carbonyl (C=O) groups excluding carboxylic acids is 1. The van der Waals surface area contributed by atoms with Crippen molar-refractivity contribution in [2.24, 2.45) is 0 Å². The summed E-state index contributed by atoms with van der Waals surface area (Å²) >= 11 is 0. The van der Waals surface area contributed by atoms with E-state index < -0.39 is 0 Å². The number of nitrogens with one attached hydrogen (secondary N) is 1. The maximum Gasteiger partial charge on any atom is 0.242 e. The summed E-state index contributed by atoms with van der Waals surface area (Å²) in [6, 6.07) is 8.34. The van der Waals surface area contributed by atoms with Crippen LogP contribution >= 0.6 is 24.8 Å². The van der Waals surface area contributed by atoms with Crippen molar-refractivity contribution >= 4 is 30.7 Å². The predicted octanol–water partition coefficient (Wildman–Crippen LogP) is 1.86. The lowest BCUT2D eigenvalue weighted by Gasteiger charge is -2.39. The highest BCUT2D eigenvalue weighted by Crippen LogP contribution is 2.14. The SMILES string of the molecule is Cc1ccccc1CN1CCN(C(=O)[C@H]2NCCO[C@@H]2C)CC1.Cl.Cl. The molecule has 2 fully saturated rings. The molecule has 2 atom stereocenters. The summed E-state index contributed by atoms with van der Waals surface area (Å²) in [5, 5.41) is 3.29. The molecular formula is C18H29Cl2N3O2. The van der Waals surface area contributed by atoms with Crippen LogP contribution in [0, 0.1) is 6.92 Å². The van der Waals surface area contributed by atoms with Crippen molar-refractivity contribution in [1.82, 2.24) is 15.1 Å². The molecule has 1 aromatic rings. The van der Waals surface area contributed by atoms with Crippen molar-refractivity contribution in [3.8, 4) is 0 Å². The van der Waals surface area contributed by atoms with Crippen LogP contribution in [-0.2, 0) is 16.1 Å². The molecule has 3 rings (SSSR count). The Morgan fingerprint density at radius 1 is 1.20 bits per heavy atom. The normalized spacial score (nSPS) is 24.2. The molecule has 0 aliphatic carbocycles. The van der Waals surface area contributed by atoms with E-state index in [1.54, 1.807) is 0 Å². The van der Waals surface area contributed by atoms with Crippen molar-refractivity contribution in [3.05, 3.63) is 35.4 Å². The minimum absolute atomic E-state index is 0. The largest absolute Gasteiger partial charge is 0.375 e. The lowest BCUT2D eigenvalue weighted by molar-refractivity contribution is -0.141. The van der Waals surface area contributed by atoms with Gasteiger partial charge in [-0.2, -0.15) is 0 Å². The van der Waals surface area contributed by atoms with Crippen LogP contribution in [0.25, 0.3) is 0 Å². The second-order valence-corrected chi connectivity index (χ2v) is 6.54. The number of aryl methyl sites for hydroxylation is 1. The van der Waals surface area contributed by atoms with Gasteiger partial charge in [0.15, 0.2) is 0 Å². The third-order valence-electron chi connectivity index (χ3n) is 4.92. The minimum Gasteiger partial charge on any atom is -0.375 e. The van der Waals surface area contributed by atoms with Crippen LogP contribution in [0.1, 0.15) is 18.1 Å². The second-order valence-electron chi connectivity index (χ2n) is 6.54. The number of hydrogen-bond donors (Lipinski definition) is 1. The first kappa shape index (κ1) is 22.2. The van der Waals surface area contributed by atoms with Crippen LogP contribution in [-0.4, -0.2) is 67.2 Å². The zero-order chi connectivity index (χ0) is 16.2. The summed E-state index contributed by atoms with van der Waals surface area (Å²) in [5.41, 5.74) is 2.71. The fourth-order valence-corrected chi connectivity index (χ4v) is 3.36. The van der Waals surface area contributed by atoms with E-state index in [1.165, 1.54) is 11.1 Å². The molecule has 1 N–H and O–H groups in total. The summed E-state index contributed by atoms with van der Waals surface area (Å²) in [6.45, 7) is 10.0. The van der Waals surface area contributed by atoms with Gasteiger partial charge in [-0.25, -0.2) is 0 Å². The van der Waals surface area contributed by atoms with Gasteiger partial charge in [-0.15, -0.1) is 24.8 Å². The van der Waals surface area contributed by atoms with Crippen LogP contribution in [0.3, 0.4) is 0 Å². The zero-order valence-electron chi connectivity index (χ0n) is 14.9. The number of carbonyl (C=O) groups is 1. The quantitative estimate of drug-likeness (QED) is 0.856.